The Balaban J connectivity index is 1.90. The largest absolute Gasteiger partial charge is 0.497 e. The lowest BCUT2D eigenvalue weighted by atomic mass is 9.94. The van der Waals surface area contributed by atoms with Crippen molar-refractivity contribution in [2.24, 2.45) is 0 Å². The van der Waals surface area contributed by atoms with Crippen LogP contribution in [0.5, 0.6) is 11.5 Å². The second-order valence-corrected chi connectivity index (χ2v) is 6.24. The fourth-order valence-corrected chi connectivity index (χ4v) is 3.33. The van der Waals surface area contributed by atoms with Crippen molar-refractivity contribution in [1.82, 2.24) is 0 Å². The molecule has 1 atom stereocenters. The van der Waals surface area contributed by atoms with Crippen LogP contribution in [-0.2, 0) is 6.42 Å². The Morgan fingerprint density at radius 2 is 1.67 bits per heavy atom. The van der Waals surface area contributed by atoms with Gasteiger partial charge in [-0.1, -0.05) is 42.5 Å². The first kappa shape index (κ1) is 14.8. The topological polar surface area (TPSA) is 18.5 Å². The van der Waals surface area contributed by atoms with E-state index in [-0.39, 0.29) is 6.10 Å². The van der Waals surface area contributed by atoms with E-state index in [1.807, 2.05) is 18.2 Å². The highest BCUT2D eigenvalue weighted by Gasteiger charge is 2.24. The maximum atomic E-state index is 6.12. The van der Waals surface area contributed by atoms with Gasteiger partial charge in [-0.2, -0.15) is 0 Å². The lowest BCUT2D eigenvalue weighted by molar-refractivity contribution is 0.255. The van der Waals surface area contributed by atoms with Crippen molar-refractivity contribution in [2.75, 3.05) is 7.11 Å². The van der Waals surface area contributed by atoms with Gasteiger partial charge in [0.15, 0.2) is 0 Å². The molecule has 0 aromatic heterocycles. The molecule has 24 heavy (non-hydrogen) atoms. The predicted octanol–water partition coefficient (Wildman–Crippen LogP) is 5.35. The second-order valence-electron chi connectivity index (χ2n) is 6.24. The average Bonchev–Trinajstić information content (AvgIpc) is 3.01. The summed E-state index contributed by atoms with van der Waals surface area (Å²) < 4.78 is 11.5. The summed E-state index contributed by atoms with van der Waals surface area (Å²) in [6, 6.07) is 23.1. The van der Waals surface area contributed by atoms with Crippen molar-refractivity contribution >= 4 is 0 Å². The average molecular weight is 316 g/mol. The molecule has 2 nitrogen and oxygen atoms in total. The van der Waals surface area contributed by atoms with Gasteiger partial charge in [0.25, 0.3) is 0 Å². The Bertz CT molecular complexity index is 868. The molecule has 1 unspecified atom stereocenters. The zero-order chi connectivity index (χ0) is 16.5. The Morgan fingerprint density at radius 3 is 2.46 bits per heavy atom. The van der Waals surface area contributed by atoms with Gasteiger partial charge in [0.1, 0.15) is 17.6 Å². The summed E-state index contributed by atoms with van der Waals surface area (Å²) in [5.41, 5.74) is 5.99. The van der Waals surface area contributed by atoms with Gasteiger partial charge in [-0.25, -0.2) is 0 Å². The van der Waals surface area contributed by atoms with E-state index >= 15 is 0 Å². The van der Waals surface area contributed by atoms with E-state index in [4.69, 9.17) is 9.47 Å². The number of ether oxygens (including phenoxy) is 2. The van der Waals surface area contributed by atoms with Gasteiger partial charge in [-0.15, -0.1) is 0 Å². The third-order valence-electron chi connectivity index (χ3n) is 4.48. The van der Waals surface area contributed by atoms with E-state index < -0.39 is 0 Å². The SMILES string of the molecule is COc1cccc(-c2cc(-c3ccccc3)cc3c2OC(C)C3)c1. The molecule has 1 heterocycles. The molecule has 3 aromatic rings. The van der Waals surface area contributed by atoms with Crippen molar-refractivity contribution in [3.05, 3.63) is 72.3 Å². The molecule has 1 aliphatic rings. The fourth-order valence-electron chi connectivity index (χ4n) is 3.33. The summed E-state index contributed by atoms with van der Waals surface area (Å²) in [6.45, 7) is 2.12. The standard InChI is InChI=1S/C22H20O2/c1-15-11-19-12-18(16-7-4-3-5-8-16)14-21(22(19)24-15)17-9-6-10-20(13-17)23-2/h3-10,12-15H,11H2,1-2H3. The first-order chi connectivity index (χ1) is 11.7. The summed E-state index contributed by atoms with van der Waals surface area (Å²) in [5.74, 6) is 1.87. The number of benzene rings is 3. The molecule has 0 saturated heterocycles. The summed E-state index contributed by atoms with van der Waals surface area (Å²) in [6.07, 6.45) is 1.17. The number of rotatable bonds is 3. The number of hydrogen-bond acceptors (Lipinski definition) is 2. The van der Waals surface area contributed by atoms with Crippen LogP contribution in [0.3, 0.4) is 0 Å². The van der Waals surface area contributed by atoms with Gasteiger partial charge in [0.05, 0.1) is 7.11 Å². The first-order valence-electron chi connectivity index (χ1n) is 8.28. The molecule has 0 saturated carbocycles. The van der Waals surface area contributed by atoms with E-state index in [1.54, 1.807) is 7.11 Å². The molecule has 3 aromatic carbocycles. The summed E-state index contributed by atoms with van der Waals surface area (Å²) >= 11 is 0. The van der Waals surface area contributed by atoms with Gasteiger partial charge >= 0.3 is 0 Å². The zero-order valence-corrected chi connectivity index (χ0v) is 14.0. The molecule has 2 heteroatoms. The van der Waals surface area contributed by atoms with E-state index in [0.717, 1.165) is 29.0 Å². The minimum atomic E-state index is 0.218. The van der Waals surface area contributed by atoms with E-state index in [9.17, 15) is 0 Å². The van der Waals surface area contributed by atoms with Crippen LogP contribution in [-0.4, -0.2) is 13.2 Å². The van der Waals surface area contributed by atoms with Crippen molar-refractivity contribution in [3.63, 3.8) is 0 Å². The smallest absolute Gasteiger partial charge is 0.130 e. The molecule has 0 N–H and O–H groups in total. The zero-order valence-electron chi connectivity index (χ0n) is 14.0. The summed E-state index contributed by atoms with van der Waals surface area (Å²) in [5, 5.41) is 0. The molecular weight excluding hydrogens is 296 g/mol. The van der Waals surface area contributed by atoms with Crippen LogP contribution in [0.25, 0.3) is 22.3 Å². The third-order valence-corrected chi connectivity index (χ3v) is 4.48. The Morgan fingerprint density at radius 1 is 0.875 bits per heavy atom. The second kappa shape index (κ2) is 6.04. The van der Waals surface area contributed by atoms with Crippen LogP contribution in [0.2, 0.25) is 0 Å². The van der Waals surface area contributed by atoms with Crippen molar-refractivity contribution in [3.8, 4) is 33.8 Å². The number of fused-ring (bicyclic) bond motifs is 1. The molecule has 0 spiro atoms. The highest BCUT2D eigenvalue weighted by Crippen LogP contribution is 2.42. The molecule has 0 radical (unpaired) electrons. The minimum Gasteiger partial charge on any atom is -0.497 e. The summed E-state index contributed by atoms with van der Waals surface area (Å²) in [4.78, 5) is 0. The number of hydrogen-bond donors (Lipinski definition) is 0. The monoisotopic (exact) mass is 316 g/mol. The molecular formula is C22H20O2. The van der Waals surface area contributed by atoms with Crippen LogP contribution in [0.15, 0.2) is 66.7 Å². The van der Waals surface area contributed by atoms with E-state index in [0.29, 0.717) is 0 Å². The van der Waals surface area contributed by atoms with Gasteiger partial charge < -0.3 is 9.47 Å². The van der Waals surface area contributed by atoms with Crippen LogP contribution < -0.4 is 9.47 Å². The van der Waals surface area contributed by atoms with Crippen molar-refractivity contribution < 1.29 is 9.47 Å². The molecule has 0 aliphatic carbocycles. The Hall–Kier alpha value is -2.74. The number of methoxy groups -OCH3 is 1. The van der Waals surface area contributed by atoms with Gasteiger partial charge in [0.2, 0.25) is 0 Å². The normalized spacial score (nSPS) is 15.7. The van der Waals surface area contributed by atoms with Crippen LogP contribution in [0.1, 0.15) is 12.5 Å². The molecule has 0 bridgehead atoms. The van der Waals surface area contributed by atoms with Gasteiger partial charge in [-0.05, 0) is 53.4 Å². The lowest BCUT2D eigenvalue weighted by Gasteiger charge is -2.13. The van der Waals surface area contributed by atoms with Crippen LogP contribution in [0.4, 0.5) is 0 Å². The predicted molar refractivity (Wildman–Crippen MR) is 97.7 cm³/mol. The van der Waals surface area contributed by atoms with E-state index in [1.165, 1.54) is 16.7 Å². The minimum absolute atomic E-state index is 0.218. The quantitative estimate of drug-likeness (QED) is 0.648. The Labute approximate surface area is 142 Å². The molecule has 1 aliphatic heterocycles. The lowest BCUT2D eigenvalue weighted by Crippen LogP contribution is -2.05. The van der Waals surface area contributed by atoms with E-state index in [2.05, 4.69) is 55.5 Å². The third kappa shape index (κ3) is 2.65. The highest BCUT2D eigenvalue weighted by molar-refractivity contribution is 5.80. The molecule has 0 amide bonds. The maximum Gasteiger partial charge on any atom is 0.130 e. The van der Waals surface area contributed by atoms with Gasteiger partial charge in [0, 0.05) is 12.0 Å². The van der Waals surface area contributed by atoms with Crippen LogP contribution in [0, 0.1) is 0 Å². The molecule has 0 fully saturated rings. The maximum absolute atomic E-state index is 6.12. The van der Waals surface area contributed by atoms with Gasteiger partial charge in [-0.3, -0.25) is 0 Å². The van der Waals surface area contributed by atoms with Crippen LogP contribution >= 0.6 is 0 Å². The highest BCUT2D eigenvalue weighted by atomic mass is 16.5. The fraction of sp³-hybridized carbons (Fsp3) is 0.182. The molecule has 120 valence electrons. The van der Waals surface area contributed by atoms with Crippen molar-refractivity contribution in [2.45, 2.75) is 19.4 Å². The first-order valence-corrected chi connectivity index (χ1v) is 8.28. The van der Waals surface area contributed by atoms with Crippen molar-refractivity contribution in [1.29, 1.82) is 0 Å². The Kier molecular flexibility index (Phi) is 3.73. The summed E-state index contributed by atoms with van der Waals surface area (Å²) in [7, 11) is 1.70. The molecule has 4 rings (SSSR count).